The Hall–Kier alpha value is -4.81. The molecule has 0 amide bonds. The molecule has 4 rings (SSSR count). The van der Waals surface area contributed by atoms with Gasteiger partial charge in [0.25, 0.3) is 5.69 Å². The molecule has 36 heavy (non-hydrogen) atoms. The van der Waals surface area contributed by atoms with Crippen LogP contribution in [0.4, 0.5) is 35.9 Å². The quantitative estimate of drug-likeness (QED) is 0.167. The van der Waals surface area contributed by atoms with Crippen molar-refractivity contribution in [1.29, 1.82) is 0 Å². The summed E-state index contributed by atoms with van der Waals surface area (Å²) in [6, 6.07) is 14.8. The van der Waals surface area contributed by atoms with Crippen molar-refractivity contribution < 1.29 is 23.0 Å². The van der Waals surface area contributed by atoms with Crippen molar-refractivity contribution in [3.63, 3.8) is 0 Å². The number of alkyl halides is 3. The average Bonchev–Trinajstić information content (AvgIpc) is 3.65. The molecule has 0 spiro atoms. The van der Waals surface area contributed by atoms with Crippen molar-refractivity contribution in [2.75, 3.05) is 11.1 Å². The first-order valence-electron chi connectivity index (χ1n) is 10.3. The maximum atomic E-state index is 13.1. The molecule has 0 aromatic heterocycles. The summed E-state index contributed by atoms with van der Waals surface area (Å²) in [6.07, 6.45) is -1.06. The lowest BCUT2D eigenvalue weighted by molar-refractivity contribution is -0.393. The predicted molar refractivity (Wildman–Crippen MR) is 126 cm³/mol. The number of nitro benzene ring substituents is 2. The van der Waals surface area contributed by atoms with Gasteiger partial charge in [0.15, 0.2) is 0 Å². The van der Waals surface area contributed by atoms with Gasteiger partial charge in [-0.05, 0) is 16.7 Å². The van der Waals surface area contributed by atoms with Gasteiger partial charge in [-0.3, -0.25) is 20.2 Å². The Kier molecular flexibility index (Phi) is 6.14. The highest BCUT2D eigenvalue weighted by molar-refractivity contribution is 5.80. The number of rotatable bonds is 8. The van der Waals surface area contributed by atoms with Crippen LogP contribution in [0.5, 0.6) is 0 Å². The monoisotopic (exact) mass is 498 g/mol. The molecule has 1 aliphatic heterocycles. The maximum absolute atomic E-state index is 13.1. The minimum absolute atomic E-state index is 0.0166. The molecule has 1 heterocycles. The van der Waals surface area contributed by atoms with E-state index in [9.17, 15) is 33.4 Å². The number of nitrogens with zero attached hydrogens (tertiary/aromatic N) is 4. The molecule has 0 unspecified atom stereocenters. The number of non-ortho nitro benzene ring substituents is 1. The van der Waals surface area contributed by atoms with Crippen LogP contribution in [0, 0.1) is 20.2 Å². The molecule has 3 N–H and O–H groups in total. The Morgan fingerprint density at radius 1 is 0.917 bits per heavy atom. The minimum Gasteiger partial charge on any atom is -0.397 e. The topological polar surface area (TPSA) is 149 Å². The number of nitro groups is 2. The number of nitrogens with two attached hydrogens (primary N) is 1. The van der Waals surface area contributed by atoms with Crippen LogP contribution in [0.1, 0.15) is 22.3 Å². The van der Waals surface area contributed by atoms with Gasteiger partial charge < -0.3 is 11.1 Å². The fraction of sp³-hybridized carbons (Fsp3) is 0.130. The fourth-order valence-corrected chi connectivity index (χ4v) is 3.47. The SMILES string of the molecule is Nc1cc([N+](=O)[O-])cc([N+](=O)[O-])c1NCc1ccc(/C=C/c2ccc(C3(C(F)(F)F)N=N3)cc2)cc1. The van der Waals surface area contributed by atoms with Crippen LogP contribution in [-0.2, 0) is 12.2 Å². The van der Waals surface area contributed by atoms with Gasteiger partial charge in [-0.15, -0.1) is 10.2 Å². The number of nitrogens with one attached hydrogen (secondary N) is 1. The van der Waals surface area contributed by atoms with Crippen LogP contribution in [0.15, 0.2) is 70.9 Å². The molecule has 184 valence electrons. The van der Waals surface area contributed by atoms with Gasteiger partial charge in [-0.2, -0.15) is 13.2 Å². The molecule has 1 aliphatic rings. The molecule has 13 heteroatoms. The van der Waals surface area contributed by atoms with E-state index in [0.29, 0.717) is 5.56 Å². The van der Waals surface area contributed by atoms with Crippen molar-refractivity contribution in [2.45, 2.75) is 18.4 Å². The van der Waals surface area contributed by atoms with E-state index in [1.54, 1.807) is 48.6 Å². The van der Waals surface area contributed by atoms with Crippen LogP contribution in [0.3, 0.4) is 0 Å². The third-order valence-corrected chi connectivity index (χ3v) is 5.47. The van der Waals surface area contributed by atoms with Gasteiger partial charge in [-0.25, -0.2) is 0 Å². The highest BCUT2D eigenvalue weighted by Gasteiger charge is 2.65. The summed E-state index contributed by atoms with van der Waals surface area (Å²) in [4.78, 5) is 20.8. The van der Waals surface area contributed by atoms with E-state index in [-0.39, 0.29) is 23.5 Å². The van der Waals surface area contributed by atoms with Gasteiger partial charge in [0, 0.05) is 18.2 Å². The van der Waals surface area contributed by atoms with Gasteiger partial charge in [0.1, 0.15) is 5.69 Å². The van der Waals surface area contributed by atoms with Gasteiger partial charge >= 0.3 is 17.5 Å². The number of benzene rings is 3. The Balaban J connectivity index is 1.41. The van der Waals surface area contributed by atoms with E-state index in [2.05, 4.69) is 15.5 Å². The van der Waals surface area contributed by atoms with Crippen LogP contribution in [0.25, 0.3) is 12.2 Å². The van der Waals surface area contributed by atoms with Crippen molar-refractivity contribution in [3.8, 4) is 0 Å². The number of anilines is 2. The third-order valence-electron chi connectivity index (χ3n) is 5.47. The summed E-state index contributed by atoms with van der Waals surface area (Å²) >= 11 is 0. The molecule has 0 radical (unpaired) electrons. The van der Waals surface area contributed by atoms with Crippen molar-refractivity contribution in [1.82, 2.24) is 0 Å². The largest absolute Gasteiger partial charge is 0.442 e. The number of nitrogen functional groups attached to an aromatic ring is 1. The normalized spacial score (nSPS) is 14.1. The Bertz CT molecular complexity index is 1380. The first-order chi connectivity index (χ1) is 17.0. The highest BCUT2D eigenvalue weighted by atomic mass is 19.4. The van der Waals surface area contributed by atoms with E-state index in [1.807, 2.05) is 0 Å². The molecule has 0 atom stereocenters. The van der Waals surface area contributed by atoms with E-state index in [1.165, 1.54) is 12.1 Å². The van der Waals surface area contributed by atoms with E-state index in [4.69, 9.17) is 5.73 Å². The molecule has 0 saturated heterocycles. The summed E-state index contributed by atoms with van der Waals surface area (Å²) in [5.41, 5.74) is 4.44. The first kappa shape index (κ1) is 24.3. The maximum Gasteiger partial charge on any atom is 0.442 e. The summed E-state index contributed by atoms with van der Waals surface area (Å²) in [5.74, 6) is 0. The van der Waals surface area contributed by atoms with Crippen molar-refractivity contribution >= 4 is 34.9 Å². The summed E-state index contributed by atoms with van der Waals surface area (Å²) in [7, 11) is 0. The lowest BCUT2D eigenvalue weighted by Gasteiger charge is -2.14. The van der Waals surface area contributed by atoms with E-state index < -0.39 is 33.1 Å². The van der Waals surface area contributed by atoms with E-state index >= 15 is 0 Å². The second-order valence-corrected chi connectivity index (χ2v) is 7.86. The standard InChI is InChI=1S/C23H17F3N6O4/c24-23(25,26)22(29-30-22)17-9-7-15(8-10-17)2-1-14-3-5-16(6-4-14)13-28-21-19(27)11-18(31(33)34)12-20(21)32(35)36/h1-12,28H,13,27H2/b2-1+. The molecule has 0 bridgehead atoms. The van der Waals surface area contributed by atoms with Crippen LogP contribution in [0.2, 0.25) is 0 Å². The van der Waals surface area contributed by atoms with E-state index in [0.717, 1.165) is 23.3 Å². The molecule has 3 aromatic carbocycles. The molecule has 0 saturated carbocycles. The summed E-state index contributed by atoms with van der Waals surface area (Å²) < 4.78 is 39.3. The summed E-state index contributed by atoms with van der Waals surface area (Å²) in [5, 5.41) is 31.5. The number of hydrogen-bond acceptors (Lipinski definition) is 8. The number of halogens is 3. The second kappa shape index (κ2) is 9.09. The second-order valence-electron chi connectivity index (χ2n) is 7.86. The lowest BCUT2D eigenvalue weighted by Crippen LogP contribution is -2.29. The predicted octanol–water partition coefficient (Wildman–Crippen LogP) is 6.05. The zero-order valence-electron chi connectivity index (χ0n) is 18.3. The zero-order valence-corrected chi connectivity index (χ0v) is 18.3. The van der Waals surface area contributed by atoms with Gasteiger partial charge in [0.05, 0.1) is 21.6 Å². The average molecular weight is 498 g/mol. The van der Waals surface area contributed by atoms with Crippen LogP contribution >= 0.6 is 0 Å². The highest BCUT2D eigenvalue weighted by Crippen LogP contribution is 2.52. The molecule has 0 fully saturated rings. The molecule has 3 aromatic rings. The third kappa shape index (κ3) is 4.85. The van der Waals surface area contributed by atoms with Crippen LogP contribution < -0.4 is 11.1 Å². The van der Waals surface area contributed by atoms with Crippen LogP contribution in [-0.4, -0.2) is 16.0 Å². The zero-order chi connectivity index (χ0) is 26.1. The lowest BCUT2D eigenvalue weighted by atomic mass is 10.0. The molecule has 10 nitrogen and oxygen atoms in total. The van der Waals surface area contributed by atoms with Crippen molar-refractivity contribution in [2.24, 2.45) is 10.2 Å². The first-order valence-corrected chi connectivity index (χ1v) is 10.3. The minimum atomic E-state index is -4.57. The molecular weight excluding hydrogens is 481 g/mol. The smallest absolute Gasteiger partial charge is 0.397 e. The fourth-order valence-electron chi connectivity index (χ4n) is 3.47. The Morgan fingerprint density at radius 3 is 1.94 bits per heavy atom. The van der Waals surface area contributed by atoms with Gasteiger partial charge in [-0.1, -0.05) is 60.7 Å². The number of hydrogen-bond donors (Lipinski definition) is 2. The molecule has 0 aliphatic carbocycles. The summed E-state index contributed by atoms with van der Waals surface area (Å²) in [6.45, 7) is 0.172. The van der Waals surface area contributed by atoms with Crippen molar-refractivity contribution in [3.05, 3.63) is 103 Å². The molecular formula is C23H17F3N6O4. The Labute approximate surface area is 201 Å². The Morgan fingerprint density at radius 2 is 1.47 bits per heavy atom. The van der Waals surface area contributed by atoms with Gasteiger partial charge in [0.2, 0.25) is 0 Å².